The van der Waals surface area contributed by atoms with Crippen LogP contribution < -0.4 is 5.32 Å². The highest BCUT2D eigenvalue weighted by Crippen LogP contribution is 2.33. The van der Waals surface area contributed by atoms with Gasteiger partial charge >= 0.3 is 12.3 Å². The maximum atomic E-state index is 11.8. The molecule has 20 heavy (non-hydrogen) atoms. The molecule has 0 radical (unpaired) electrons. The topological polar surface area (TPSA) is 73.9 Å². The van der Waals surface area contributed by atoms with Crippen molar-refractivity contribution in [1.82, 2.24) is 5.32 Å². The molecule has 2 heterocycles. The monoisotopic (exact) mass is 277 g/mol. The van der Waals surface area contributed by atoms with Crippen molar-refractivity contribution in [1.29, 1.82) is 0 Å². The number of carbonyl (C=O) groups is 2. The number of cyclic esters (lactones) is 1. The minimum atomic E-state index is -0.916. The van der Waals surface area contributed by atoms with Crippen molar-refractivity contribution in [2.75, 3.05) is 7.11 Å². The molecule has 1 unspecified atom stereocenters. The number of hydrogen-bond donors (Lipinski definition) is 1. The quantitative estimate of drug-likeness (QED) is 0.357. The Morgan fingerprint density at radius 3 is 3.00 bits per heavy atom. The summed E-state index contributed by atoms with van der Waals surface area (Å²) in [6.45, 7) is 1.61. The fraction of sp³-hybridized carbons (Fsp3) is 0.429. The average molecular weight is 277 g/mol. The Kier molecular flexibility index (Phi) is 3.00. The number of nitrogens with one attached hydrogen (secondary N) is 1. The number of hydrogen-bond acceptors (Lipinski definition) is 5. The van der Waals surface area contributed by atoms with E-state index in [1.165, 1.54) is 13.4 Å². The highest BCUT2D eigenvalue weighted by atomic mass is 16.7. The van der Waals surface area contributed by atoms with E-state index in [1.54, 1.807) is 6.92 Å². The molecule has 3 aliphatic rings. The van der Waals surface area contributed by atoms with E-state index in [-0.39, 0.29) is 17.9 Å². The Labute approximate surface area is 116 Å². The summed E-state index contributed by atoms with van der Waals surface area (Å²) in [6, 6.07) is 0.0441. The zero-order chi connectivity index (χ0) is 14.3. The Hall–Kier alpha value is -2.24. The van der Waals surface area contributed by atoms with Crippen LogP contribution in [0.4, 0.5) is 0 Å². The zero-order valence-corrected chi connectivity index (χ0v) is 11.2. The van der Waals surface area contributed by atoms with E-state index in [2.05, 4.69) is 5.32 Å². The molecule has 6 heteroatoms. The number of methoxy groups -OCH3 is 1. The maximum Gasteiger partial charge on any atom is 0.340 e. The van der Waals surface area contributed by atoms with Crippen LogP contribution in [0.1, 0.15) is 13.3 Å². The number of fused-ring (bicyclic) bond motifs is 1. The molecule has 6 nitrogen and oxygen atoms in total. The Balaban J connectivity index is 1.75. The van der Waals surface area contributed by atoms with Gasteiger partial charge < -0.3 is 19.5 Å². The van der Waals surface area contributed by atoms with Gasteiger partial charge in [-0.25, -0.2) is 4.79 Å². The molecule has 106 valence electrons. The third-order valence-corrected chi connectivity index (χ3v) is 3.77. The van der Waals surface area contributed by atoms with Crippen LogP contribution in [0.2, 0.25) is 0 Å². The van der Waals surface area contributed by atoms with Crippen LogP contribution in [0.15, 0.2) is 35.3 Å². The minimum Gasteiger partial charge on any atom is -0.493 e. The molecule has 3 atom stereocenters. The van der Waals surface area contributed by atoms with Gasteiger partial charge in [-0.05, 0) is 13.3 Å². The van der Waals surface area contributed by atoms with Crippen LogP contribution in [0.25, 0.3) is 0 Å². The summed E-state index contributed by atoms with van der Waals surface area (Å²) in [6.07, 6.45) is 5.27. The van der Waals surface area contributed by atoms with Crippen molar-refractivity contribution in [2.45, 2.75) is 25.7 Å². The summed E-state index contributed by atoms with van der Waals surface area (Å²) in [5.74, 6) is -0.183. The highest BCUT2D eigenvalue weighted by molar-refractivity contribution is 5.97. The lowest BCUT2D eigenvalue weighted by Crippen LogP contribution is -2.24. The molecule has 0 aromatic heterocycles. The Morgan fingerprint density at radius 2 is 2.25 bits per heavy atom. The summed E-state index contributed by atoms with van der Waals surface area (Å²) in [5.41, 5.74) is 0.947. The molecule has 0 saturated carbocycles. The van der Waals surface area contributed by atoms with Crippen LogP contribution in [0.3, 0.4) is 0 Å². The summed E-state index contributed by atoms with van der Waals surface area (Å²) >= 11 is 0. The first kappa shape index (κ1) is 12.8. The lowest BCUT2D eigenvalue weighted by molar-refractivity contribution is -0.155. The largest absolute Gasteiger partial charge is 0.493 e. The van der Waals surface area contributed by atoms with Gasteiger partial charge in [-0.1, -0.05) is 12.2 Å². The van der Waals surface area contributed by atoms with E-state index in [4.69, 9.17) is 14.2 Å². The first-order valence-electron chi connectivity index (χ1n) is 6.40. The molecule has 1 N–H and O–H groups in total. The lowest BCUT2D eigenvalue weighted by Gasteiger charge is -2.13. The van der Waals surface area contributed by atoms with Gasteiger partial charge in [0, 0.05) is 5.92 Å². The van der Waals surface area contributed by atoms with Gasteiger partial charge in [-0.2, -0.15) is 0 Å². The lowest BCUT2D eigenvalue weighted by atomic mass is 9.99. The number of amides is 1. The molecule has 1 amide bonds. The highest BCUT2D eigenvalue weighted by Gasteiger charge is 2.39. The van der Waals surface area contributed by atoms with Gasteiger partial charge in [0.25, 0.3) is 5.91 Å². The molecule has 1 fully saturated rings. The summed E-state index contributed by atoms with van der Waals surface area (Å²) in [4.78, 5) is 23.3. The van der Waals surface area contributed by atoms with E-state index in [9.17, 15) is 9.59 Å². The summed E-state index contributed by atoms with van der Waals surface area (Å²) in [5, 5.41) is 2.86. The van der Waals surface area contributed by atoms with Crippen LogP contribution >= 0.6 is 0 Å². The number of allylic oxidation sites excluding steroid dienone is 1. The fourth-order valence-corrected chi connectivity index (χ4v) is 2.66. The minimum absolute atomic E-state index is 0.0441. The second-order valence-electron chi connectivity index (χ2n) is 4.91. The zero-order valence-electron chi connectivity index (χ0n) is 11.2. The fourth-order valence-electron chi connectivity index (χ4n) is 2.66. The third-order valence-electron chi connectivity index (χ3n) is 3.77. The third kappa shape index (κ3) is 1.88. The van der Waals surface area contributed by atoms with Gasteiger partial charge in [-0.3, -0.25) is 4.79 Å². The molecular formula is C14H15NO5. The SMILES string of the molecule is COC1=C(C)C(=O)OC1O/C=C1/C(=O)N[C@@H]2C=CC[C@H]12. The van der Waals surface area contributed by atoms with Crippen LogP contribution in [-0.4, -0.2) is 31.3 Å². The molecule has 0 spiro atoms. The number of rotatable bonds is 3. The predicted molar refractivity (Wildman–Crippen MR) is 67.9 cm³/mol. The average Bonchev–Trinajstić information content (AvgIpc) is 3.04. The van der Waals surface area contributed by atoms with Crippen molar-refractivity contribution in [3.8, 4) is 0 Å². The molecule has 1 saturated heterocycles. The normalized spacial score (nSPS) is 33.5. The number of esters is 1. The van der Waals surface area contributed by atoms with Crippen LogP contribution in [-0.2, 0) is 23.8 Å². The van der Waals surface area contributed by atoms with E-state index < -0.39 is 12.3 Å². The number of carbonyl (C=O) groups excluding carboxylic acids is 2. The van der Waals surface area contributed by atoms with Crippen molar-refractivity contribution in [3.05, 3.63) is 35.3 Å². The van der Waals surface area contributed by atoms with Crippen LogP contribution in [0, 0.1) is 5.92 Å². The van der Waals surface area contributed by atoms with E-state index in [0.717, 1.165) is 6.42 Å². The predicted octanol–water partition coefficient (Wildman–Crippen LogP) is 0.765. The van der Waals surface area contributed by atoms with Crippen molar-refractivity contribution in [2.24, 2.45) is 5.92 Å². The van der Waals surface area contributed by atoms with Crippen LogP contribution in [0.5, 0.6) is 0 Å². The molecule has 1 aliphatic carbocycles. The first-order chi connectivity index (χ1) is 9.61. The van der Waals surface area contributed by atoms with E-state index in [0.29, 0.717) is 16.9 Å². The molecule has 3 rings (SSSR count). The standard InChI is InChI=1S/C14H15NO5/c1-7-11(18-2)14(20-13(7)17)19-6-9-8-4-3-5-10(8)15-12(9)16/h3,5-6,8,10,14H,4H2,1-2H3,(H,15,16)/b9-6+/t8-,10-,14?/m1/s1. The molecular weight excluding hydrogens is 262 g/mol. The second-order valence-corrected chi connectivity index (χ2v) is 4.91. The van der Waals surface area contributed by atoms with Crippen molar-refractivity contribution < 1.29 is 23.8 Å². The molecule has 0 aromatic rings. The van der Waals surface area contributed by atoms with E-state index >= 15 is 0 Å². The molecule has 2 aliphatic heterocycles. The van der Waals surface area contributed by atoms with E-state index in [1.807, 2.05) is 12.2 Å². The molecule has 0 aromatic carbocycles. The summed E-state index contributed by atoms with van der Waals surface area (Å²) < 4.78 is 15.6. The Morgan fingerprint density at radius 1 is 1.45 bits per heavy atom. The van der Waals surface area contributed by atoms with Gasteiger partial charge in [0.05, 0.1) is 30.6 Å². The number of ether oxygens (including phenoxy) is 3. The summed E-state index contributed by atoms with van der Waals surface area (Å²) in [7, 11) is 1.45. The molecule has 0 bridgehead atoms. The maximum absolute atomic E-state index is 11.8. The van der Waals surface area contributed by atoms with Gasteiger partial charge in [-0.15, -0.1) is 0 Å². The van der Waals surface area contributed by atoms with Crippen molar-refractivity contribution >= 4 is 11.9 Å². The Bertz CT molecular complexity index is 560. The van der Waals surface area contributed by atoms with Gasteiger partial charge in [0.15, 0.2) is 5.76 Å². The van der Waals surface area contributed by atoms with Gasteiger partial charge in [0.2, 0.25) is 0 Å². The second kappa shape index (κ2) is 4.70. The van der Waals surface area contributed by atoms with Gasteiger partial charge in [0.1, 0.15) is 0 Å². The smallest absolute Gasteiger partial charge is 0.340 e. The first-order valence-corrected chi connectivity index (χ1v) is 6.40. The van der Waals surface area contributed by atoms with Crippen molar-refractivity contribution in [3.63, 3.8) is 0 Å².